The van der Waals surface area contributed by atoms with Gasteiger partial charge in [0.1, 0.15) is 11.4 Å². The van der Waals surface area contributed by atoms with E-state index in [1.165, 1.54) is 0 Å². The number of aromatic nitrogens is 3. The fraction of sp³-hybridized carbons (Fsp3) is 0.225. The van der Waals surface area contributed by atoms with Crippen molar-refractivity contribution >= 4 is 24.4 Å². The summed E-state index contributed by atoms with van der Waals surface area (Å²) in [5.74, 6) is 1.61. The molecule has 3 heterocycles. The molecule has 0 saturated carbocycles. The quantitative estimate of drug-likeness (QED) is 0.158. The molecular weight excluding hydrogens is 582 g/mol. The number of carbonyl (C=O) groups is 1. The molecule has 1 aliphatic heterocycles. The molecule has 238 valence electrons. The Balaban J connectivity index is 1.66. The van der Waals surface area contributed by atoms with Crippen LogP contribution in [0.3, 0.4) is 0 Å². The van der Waals surface area contributed by atoms with Crippen molar-refractivity contribution in [2.24, 2.45) is 0 Å². The highest BCUT2D eigenvalue weighted by molar-refractivity contribution is 5.82. The van der Waals surface area contributed by atoms with Gasteiger partial charge < -0.3 is 14.5 Å². The Bertz CT molecular complexity index is 1890. The maximum atomic E-state index is 12.6. The van der Waals surface area contributed by atoms with E-state index >= 15 is 0 Å². The van der Waals surface area contributed by atoms with Gasteiger partial charge in [-0.05, 0) is 61.7 Å². The fourth-order valence-electron chi connectivity index (χ4n) is 6.33. The third kappa shape index (κ3) is 6.21. The van der Waals surface area contributed by atoms with Crippen LogP contribution in [0.25, 0.3) is 23.9 Å². The first-order valence-corrected chi connectivity index (χ1v) is 16.0. The van der Waals surface area contributed by atoms with E-state index in [1.807, 2.05) is 69.1 Å². The third-order valence-electron chi connectivity index (χ3n) is 8.61. The fourth-order valence-corrected chi connectivity index (χ4v) is 6.33. The zero-order valence-corrected chi connectivity index (χ0v) is 27.5. The average Bonchev–Trinajstić information content (AvgIpc) is 3.42. The zero-order valence-electron chi connectivity index (χ0n) is 27.5. The predicted molar refractivity (Wildman–Crippen MR) is 189 cm³/mol. The lowest BCUT2D eigenvalue weighted by atomic mass is 9.77. The summed E-state index contributed by atoms with van der Waals surface area (Å²) in [6, 6.07) is 35.5. The van der Waals surface area contributed by atoms with Crippen LogP contribution in [-0.2, 0) is 15.1 Å². The van der Waals surface area contributed by atoms with Crippen molar-refractivity contribution in [3.63, 3.8) is 0 Å². The van der Waals surface area contributed by atoms with Crippen LogP contribution < -0.4 is 15.5 Å². The molecule has 2 aromatic heterocycles. The SMILES string of the molecule is C=c1c(-c2ccnc(N3CCN(C)C(=O)C3)c2)nn(C(c2ccccc2)(c2ccccc2)c2ccccc2)/c1=C/C=C(\C)OC(C)C. The molecule has 0 N–H and O–H groups in total. The number of rotatable bonds is 9. The van der Waals surface area contributed by atoms with Crippen LogP contribution in [0.1, 0.15) is 37.5 Å². The molecule has 6 rings (SSSR count). The Morgan fingerprint density at radius 1 is 0.894 bits per heavy atom. The number of ether oxygens (including phenoxy) is 1. The lowest BCUT2D eigenvalue weighted by molar-refractivity contribution is -0.129. The van der Waals surface area contributed by atoms with Gasteiger partial charge in [0.15, 0.2) is 0 Å². The van der Waals surface area contributed by atoms with E-state index in [4.69, 9.17) is 9.84 Å². The second-order valence-electron chi connectivity index (χ2n) is 12.2. The number of amides is 1. The molecule has 0 atom stereocenters. The van der Waals surface area contributed by atoms with E-state index in [0.717, 1.165) is 50.1 Å². The molecule has 0 spiro atoms. The number of carbonyl (C=O) groups excluding carboxylic acids is 1. The minimum atomic E-state index is -0.847. The van der Waals surface area contributed by atoms with Gasteiger partial charge in [-0.3, -0.25) is 4.79 Å². The topological polar surface area (TPSA) is 63.5 Å². The van der Waals surface area contributed by atoms with E-state index < -0.39 is 5.54 Å². The lowest BCUT2D eigenvalue weighted by Gasteiger charge is -2.36. The van der Waals surface area contributed by atoms with E-state index in [1.54, 1.807) is 11.1 Å². The molecule has 1 amide bonds. The molecule has 5 aromatic rings. The molecule has 0 radical (unpaired) electrons. The number of anilines is 1. The van der Waals surface area contributed by atoms with Crippen molar-refractivity contribution in [3.05, 3.63) is 148 Å². The molecule has 0 unspecified atom stereocenters. The van der Waals surface area contributed by atoms with Crippen molar-refractivity contribution in [1.29, 1.82) is 0 Å². The molecule has 3 aromatic carbocycles. The van der Waals surface area contributed by atoms with Crippen LogP contribution in [-0.4, -0.2) is 58.4 Å². The first-order valence-electron chi connectivity index (χ1n) is 16.0. The van der Waals surface area contributed by atoms with Crippen molar-refractivity contribution in [2.75, 3.05) is 31.6 Å². The van der Waals surface area contributed by atoms with Crippen LogP contribution >= 0.6 is 0 Å². The van der Waals surface area contributed by atoms with Gasteiger partial charge in [-0.25, -0.2) is 9.67 Å². The summed E-state index contributed by atoms with van der Waals surface area (Å²) in [7, 11) is 1.84. The van der Waals surface area contributed by atoms with E-state index in [9.17, 15) is 4.79 Å². The number of allylic oxidation sites excluding steroid dienone is 2. The summed E-state index contributed by atoms with van der Waals surface area (Å²) < 4.78 is 8.13. The summed E-state index contributed by atoms with van der Waals surface area (Å²) in [6.07, 6.45) is 5.88. The number of pyridine rings is 1. The minimum Gasteiger partial charge on any atom is -0.496 e. The number of benzene rings is 3. The van der Waals surface area contributed by atoms with Crippen molar-refractivity contribution in [1.82, 2.24) is 19.7 Å². The summed E-state index contributed by atoms with van der Waals surface area (Å²) >= 11 is 0. The molecule has 1 saturated heterocycles. The van der Waals surface area contributed by atoms with Crippen LogP contribution in [0.4, 0.5) is 5.82 Å². The number of nitrogens with zero attached hydrogens (tertiary/aromatic N) is 5. The molecule has 1 fully saturated rings. The maximum absolute atomic E-state index is 12.6. The van der Waals surface area contributed by atoms with E-state index in [2.05, 4.69) is 95.1 Å². The summed E-state index contributed by atoms with van der Waals surface area (Å²) in [5, 5.41) is 7.08. The average molecular weight is 624 g/mol. The summed E-state index contributed by atoms with van der Waals surface area (Å²) in [5.41, 5.74) is 3.95. The van der Waals surface area contributed by atoms with Crippen LogP contribution in [0.15, 0.2) is 121 Å². The van der Waals surface area contributed by atoms with E-state index in [0.29, 0.717) is 13.1 Å². The number of likely N-dealkylation sites (N-methyl/N-ethyl adjacent to an activating group) is 1. The number of hydrogen-bond acceptors (Lipinski definition) is 5. The second-order valence-corrected chi connectivity index (χ2v) is 12.2. The maximum Gasteiger partial charge on any atom is 0.241 e. The molecular formula is C40H41N5O2. The Morgan fingerprint density at radius 2 is 1.47 bits per heavy atom. The van der Waals surface area contributed by atoms with Gasteiger partial charge in [0.25, 0.3) is 0 Å². The molecule has 7 heteroatoms. The minimum absolute atomic E-state index is 0.0492. The summed E-state index contributed by atoms with van der Waals surface area (Å²) in [4.78, 5) is 21.0. The first-order chi connectivity index (χ1) is 22.8. The van der Waals surface area contributed by atoms with Gasteiger partial charge in [0, 0.05) is 37.1 Å². The van der Waals surface area contributed by atoms with E-state index in [-0.39, 0.29) is 18.6 Å². The summed E-state index contributed by atoms with van der Waals surface area (Å²) in [6.45, 7) is 12.3. The molecule has 7 nitrogen and oxygen atoms in total. The van der Waals surface area contributed by atoms with Gasteiger partial charge in [0.05, 0.1) is 29.5 Å². The molecule has 1 aliphatic rings. The van der Waals surface area contributed by atoms with Gasteiger partial charge in [0.2, 0.25) is 5.91 Å². The number of piperazine rings is 1. The van der Waals surface area contributed by atoms with Crippen molar-refractivity contribution in [3.8, 4) is 11.3 Å². The van der Waals surface area contributed by atoms with Gasteiger partial charge in [-0.2, -0.15) is 5.10 Å². The zero-order chi connectivity index (χ0) is 33.0. The Labute approximate surface area is 276 Å². The lowest BCUT2D eigenvalue weighted by Crippen LogP contribution is -2.48. The van der Waals surface area contributed by atoms with Gasteiger partial charge >= 0.3 is 0 Å². The Morgan fingerprint density at radius 3 is 2.00 bits per heavy atom. The number of hydrogen-bond donors (Lipinski definition) is 0. The normalized spacial score (nSPS) is 14.6. The standard InChI is InChI=1S/C40H41N5O2/c1-29(2)47-30(3)21-22-36-31(4)39(32-23-24-41-37(27-32)44-26-25-43(5)38(46)28-44)42-45(36)40(33-15-9-6-10-16-33,34-17-11-7-12-18-34)35-19-13-8-14-20-35/h6-24,27,29H,4,25-26,28H2,1-3,5H3/b30-21+,36-22+. The van der Waals surface area contributed by atoms with Crippen LogP contribution in [0.5, 0.6) is 0 Å². The largest absolute Gasteiger partial charge is 0.496 e. The molecule has 0 bridgehead atoms. The monoisotopic (exact) mass is 623 g/mol. The molecule has 47 heavy (non-hydrogen) atoms. The molecule has 0 aliphatic carbocycles. The predicted octanol–water partition coefficient (Wildman–Crippen LogP) is 5.58. The van der Waals surface area contributed by atoms with Crippen molar-refractivity contribution in [2.45, 2.75) is 32.4 Å². The Kier molecular flexibility index (Phi) is 9.07. The highest BCUT2D eigenvalue weighted by Crippen LogP contribution is 2.39. The highest BCUT2D eigenvalue weighted by atomic mass is 16.5. The van der Waals surface area contributed by atoms with Crippen molar-refractivity contribution < 1.29 is 9.53 Å². The van der Waals surface area contributed by atoms with Gasteiger partial charge in [-0.15, -0.1) is 0 Å². The highest BCUT2D eigenvalue weighted by Gasteiger charge is 2.40. The third-order valence-corrected chi connectivity index (χ3v) is 8.61. The van der Waals surface area contributed by atoms with Crippen LogP contribution in [0.2, 0.25) is 0 Å². The van der Waals surface area contributed by atoms with Crippen LogP contribution in [0, 0.1) is 0 Å². The van der Waals surface area contributed by atoms with Gasteiger partial charge in [-0.1, -0.05) is 97.6 Å². The smallest absolute Gasteiger partial charge is 0.241 e. The second kappa shape index (κ2) is 13.5. The Hall–Kier alpha value is -5.43. The first kappa shape index (κ1) is 31.5.